The molecule has 4 nitrogen and oxygen atoms in total. The van der Waals surface area contributed by atoms with Crippen molar-refractivity contribution in [3.8, 4) is 0 Å². The second-order valence-electron chi connectivity index (χ2n) is 5.56. The Kier molecular flexibility index (Phi) is 3.18. The van der Waals surface area contributed by atoms with Gasteiger partial charge >= 0.3 is 5.76 Å². The highest BCUT2D eigenvalue weighted by molar-refractivity contribution is 5.73. The van der Waals surface area contributed by atoms with Crippen LogP contribution in [0.15, 0.2) is 39.5 Å². The SMILES string of the molecule is Cc1cc(C)c(C(N)c2ccc3[nH]c(=O)oc3c2)c(C)c1. The van der Waals surface area contributed by atoms with E-state index in [1.807, 2.05) is 18.2 Å². The first-order chi connectivity index (χ1) is 9.95. The van der Waals surface area contributed by atoms with Gasteiger partial charge in [0, 0.05) is 0 Å². The Morgan fingerprint density at radius 2 is 1.76 bits per heavy atom. The van der Waals surface area contributed by atoms with E-state index < -0.39 is 5.76 Å². The van der Waals surface area contributed by atoms with Crippen LogP contribution in [0.2, 0.25) is 0 Å². The van der Waals surface area contributed by atoms with Crippen LogP contribution < -0.4 is 11.5 Å². The fraction of sp³-hybridized carbons (Fsp3) is 0.235. The molecule has 1 aromatic heterocycles. The molecular weight excluding hydrogens is 264 g/mol. The molecule has 2 aromatic carbocycles. The molecule has 0 saturated heterocycles. The first kappa shape index (κ1) is 13.6. The lowest BCUT2D eigenvalue weighted by atomic mass is 9.90. The minimum Gasteiger partial charge on any atom is -0.408 e. The maximum absolute atomic E-state index is 11.2. The van der Waals surface area contributed by atoms with E-state index >= 15 is 0 Å². The van der Waals surface area contributed by atoms with E-state index in [-0.39, 0.29) is 6.04 Å². The van der Waals surface area contributed by atoms with Gasteiger partial charge < -0.3 is 10.2 Å². The number of nitrogens with one attached hydrogen (secondary N) is 1. The van der Waals surface area contributed by atoms with E-state index in [2.05, 4.69) is 37.9 Å². The number of aromatic amines is 1. The zero-order valence-corrected chi connectivity index (χ0v) is 12.4. The lowest BCUT2D eigenvalue weighted by Crippen LogP contribution is -2.15. The highest BCUT2D eigenvalue weighted by Crippen LogP contribution is 2.28. The van der Waals surface area contributed by atoms with Crippen LogP contribution in [0.1, 0.15) is 33.9 Å². The van der Waals surface area contributed by atoms with Crippen molar-refractivity contribution in [1.82, 2.24) is 4.98 Å². The molecule has 0 radical (unpaired) electrons. The number of benzene rings is 2. The third-order valence-corrected chi connectivity index (χ3v) is 3.85. The van der Waals surface area contributed by atoms with Crippen LogP contribution in [0.4, 0.5) is 0 Å². The molecule has 21 heavy (non-hydrogen) atoms. The lowest BCUT2D eigenvalue weighted by Gasteiger charge is -2.18. The van der Waals surface area contributed by atoms with Gasteiger partial charge in [0.2, 0.25) is 0 Å². The summed E-state index contributed by atoms with van der Waals surface area (Å²) in [6.07, 6.45) is 0. The van der Waals surface area contributed by atoms with E-state index in [1.54, 1.807) is 0 Å². The molecule has 0 saturated carbocycles. The van der Waals surface area contributed by atoms with Crippen LogP contribution in [-0.2, 0) is 0 Å². The molecule has 0 fully saturated rings. The summed E-state index contributed by atoms with van der Waals surface area (Å²) >= 11 is 0. The average Bonchev–Trinajstić information content (AvgIpc) is 2.76. The van der Waals surface area contributed by atoms with Crippen LogP contribution in [0.25, 0.3) is 11.1 Å². The normalized spacial score (nSPS) is 12.8. The summed E-state index contributed by atoms with van der Waals surface area (Å²) in [5, 5.41) is 0. The molecule has 1 heterocycles. The molecule has 0 bridgehead atoms. The molecule has 0 spiro atoms. The zero-order valence-electron chi connectivity index (χ0n) is 12.4. The molecule has 1 atom stereocenters. The molecule has 3 N–H and O–H groups in total. The van der Waals surface area contributed by atoms with E-state index in [1.165, 1.54) is 16.7 Å². The van der Waals surface area contributed by atoms with Crippen LogP contribution in [0, 0.1) is 20.8 Å². The van der Waals surface area contributed by atoms with Crippen molar-refractivity contribution < 1.29 is 4.42 Å². The summed E-state index contributed by atoms with van der Waals surface area (Å²) in [5.74, 6) is -0.446. The van der Waals surface area contributed by atoms with Crippen molar-refractivity contribution in [2.45, 2.75) is 26.8 Å². The van der Waals surface area contributed by atoms with Gasteiger partial charge in [-0.05, 0) is 55.2 Å². The number of aromatic nitrogens is 1. The van der Waals surface area contributed by atoms with Gasteiger partial charge in [0.25, 0.3) is 0 Å². The number of fused-ring (bicyclic) bond motifs is 1. The number of hydrogen-bond acceptors (Lipinski definition) is 3. The summed E-state index contributed by atoms with van der Waals surface area (Å²) in [4.78, 5) is 13.9. The first-order valence-corrected chi connectivity index (χ1v) is 6.92. The van der Waals surface area contributed by atoms with E-state index in [0.717, 1.165) is 11.1 Å². The van der Waals surface area contributed by atoms with E-state index in [9.17, 15) is 4.79 Å². The Morgan fingerprint density at radius 1 is 1.10 bits per heavy atom. The minimum absolute atomic E-state index is 0.241. The highest BCUT2D eigenvalue weighted by Gasteiger charge is 2.16. The van der Waals surface area contributed by atoms with Gasteiger partial charge in [-0.15, -0.1) is 0 Å². The second-order valence-corrected chi connectivity index (χ2v) is 5.56. The summed E-state index contributed by atoms with van der Waals surface area (Å²) < 4.78 is 5.11. The van der Waals surface area contributed by atoms with Crippen LogP contribution in [0.5, 0.6) is 0 Å². The monoisotopic (exact) mass is 282 g/mol. The molecule has 4 heteroatoms. The smallest absolute Gasteiger partial charge is 0.408 e. The Labute approximate surface area is 122 Å². The summed E-state index contributed by atoms with van der Waals surface area (Å²) in [7, 11) is 0. The maximum atomic E-state index is 11.2. The van der Waals surface area contributed by atoms with Gasteiger partial charge in [-0.1, -0.05) is 23.8 Å². The predicted molar refractivity (Wildman–Crippen MR) is 83.5 cm³/mol. The average molecular weight is 282 g/mol. The third kappa shape index (κ3) is 2.38. The Balaban J connectivity index is 2.11. The van der Waals surface area contributed by atoms with Crippen LogP contribution in [-0.4, -0.2) is 4.98 Å². The number of hydrogen-bond donors (Lipinski definition) is 2. The Hall–Kier alpha value is -2.33. The lowest BCUT2D eigenvalue weighted by molar-refractivity contribution is 0.555. The van der Waals surface area contributed by atoms with Gasteiger partial charge in [-0.25, -0.2) is 4.79 Å². The number of oxazole rings is 1. The topological polar surface area (TPSA) is 72.0 Å². The van der Waals surface area contributed by atoms with Gasteiger partial charge in [-0.2, -0.15) is 0 Å². The van der Waals surface area contributed by atoms with Crippen LogP contribution >= 0.6 is 0 Å². The molecule has 1 unspecified atom stereocenters. The van der Waals surface area contributed by atoms with Crippen molar-refractivity contribution in [3.63, 3.8) is 0 Å². The first-order valence-electron chi connectivity index (χ1n) is 6.92. The highest BCUT2D eigenvalue weighted by atomic mass is 16.4. The molecule has 0 aliphatic rings. The molecular formula is C17H18N2O2. The van der Waals surface area contributed by atoms with Gasteiger partial charge in [0.15, 0.2) is 5.58 Å². The Bertz CT molecular complexity index is 851. The quantitative estimate of drug-likeness (QED) is 0.758. The van der Waals surface area contributed by atoms with Crippen molar-refractivity contribution in [2.75, 3.05) is 0 Å². The van der Waals surface area contributed by atoms with Gasteiger partial charge in [0.1, 0.15) is 0 Å². The maximum Gasteiger partial charge on any atom is 0.417 e. The van der Waals surface area contributed by atoms with Crippen molar-refractivity contribution in [3.05, 3.63) is 68.7 Å². The molecule has 3 rings (SSSR count). The number of H-pyrrole nitrogens is 1. The van der Waals surface area contributed by atoms with E-state index in [0.29, 0.717) is 11.1 Å². The number of rotatable bonds is 2. The molecule has 0 aliphatic carbocycles. The predicted octanol–water partition coefficient (Wildman–Crippen LogP) is 3.09. The van der Waals surface area contributed by atoms with Crippen molar-refractivity contribution >= 4 is 11.1 Å². The van der Waals surface area contributed by atoms with Gasteiger partial charge in [-0.3, -0.25) is 4.98 Å². The van der Waals surface area contributed by atoms with E-state index in [4.69, 9.17) is 10.2 Å². The number of aryl methyl sites for hydroxylation is 3. The summed E-state index contributed by atoms with van der Waals surface area (Å²) in [5.41, 5.74) is 13.3. The van der Waals surface area contributed by atoms with Crippen molar-refractivity contribution in [2.24, 2.45) is 5.73 Å². The molecule has 108 valence electrons. The molecule has 3 aromatic rings. The van der Waals surface area contributed by atoms with Crippen LogP contribution in [0.3, 0.4) is 0 Å². The minimum atomic E-state index is -0.446. The fourth-order valence-corrected chi connectivity index (χ4v) is 3.00. The largest absolute Gasteiger partial charge is 0.417 e. The molecule has 0 amide bonds. The van der Waals surface area contributed by atoms with Crippen molar-refractivity contribution in [1.29, 1.82) is 0 Å². The summed E-state index contributed by atoms with van der Waals surface area (Å²) in [6, 6.07) is 9.62. The summed E-state index contributed by atoms with van der Waals surface area (Å²) in [6.45, 7) is 6.23. The standard InChI is InChI=1S/C17H18N2O2/c1-9-6-10(2)15(11(3)7-9)16(18)12-4-5-13-14(8-12)21-17(20)19-13/h4-8,16H,18H2,1-3H3,(H,19,20). The number of nitrogens with two attached hydrogens (primary N) is 1. The zero-order chi connectivity index (χ0) is 15.1. The van der Waals surface area contributed by atoms with Gasteiger partial charge in [0.05, 0.1) is 11.6 Å². The second kappa shape index (κ2) is 4.90. The fourth-order valence-electron chi connectivity index (χ4n) is 3.00. The Morgan fingerprint density at radius 3 is 2.43 bits per heavy atom. The molecule has 0 aliphatic heterocycles. The third-order valence-electron chi connectivity index (χ3n) is 3.85.